The molecule has 15 heavy (non-hydrogen) atoms. The predicted octanol–water partition coefficient (Wildman–Crippen LogP) is 0.364. The second kappa shape index (κ2) is 6.35. The molecule has 1 heterocycles. The first kappa shape index (κ1) is 12.8. The lowest BCUT2D eigenvalue weighted by atomic mass is 9.90. The van der Waals surface area contributed by atoms with E-state index in [9.17, 15) is 4.79 Å². The van der Waals surface area contributed by atoms with Crippen LogP contribution in [0, 0.1) is 0 Å². The standard InChI is InChI=1S/C10H20N2O2S/c1-15-8-2-5-12-9(13)10(11)3-6-14-7-4-10/h2-8,11H2,1H3,(H,12,13). The molecular formula is C10H20N2O2S. The number of hydrogen-bond donors (Lipinski definition) is 2. The summed E-state index contributed by atoms with van der Waals surface area (Å²) in [4.78, 5) is 11.8. The lowest BCUT2D eigenvalue weighted by Gasteiger charge is -2.31. The molecule has 0 atom stereocenters. The molecule has 0 aromatic heterocycles. The van der Waals surface area contributed by atoms with Gasteiger partial charge in [-0.1, -0.05) is 0 Å². The Morgan fingerprint density at radius 2 is 2.20 bits per heavy atom. The van der Waals surface area contributed by atoms with Gasteiger partial charge in [-0.2, -0.15) is 11.8 Å². The van der Waals surface area contributed by atoms with E-state index in [1.807, 2.05) is 0 Å². The molecule has 1 saturated heterocycles. The number of rotatable bonds is 5. The van der Waals surface area contributed by atoms with Gasteiger partial charge in [-0.15, -0.1) is 0 Å². The molecule has 3 N–H and O–H groups in total. The van der Waals surface area contributed by atoms with E-state index in [0.29, 0.717) is 26.1 Å². The molecule has 0 saturated carbocycles. The summed E-state index contributed by atoms with van der Waals surface area (Å²) in [6.45, 7) is 1.91. The van der Waals surface area contributed by atoms with E-state index < -0.39 is 5.54 Å². The van der Waals surface area contributed by atoms with Crippen molar-refractivity contribution in [2.45, 2.75) is 24.8 Å². The van der Waals surface area contributed by atoms with Crippen LogP contribution in [0.3, 0.4) is 0 Å². The Kier molecular flexibility index (Phi) is 5.42. The number of amides is 1. The highest BCUT2D eigenvalue weighted by atomic mass is 32.2. The maximum Gasteiger partial charge on any atom is 0.240 e. The first-order valence-electron chi connectivity index (χ1n) is 5.33. The monoisotopic (exact) mass is 232 g/mol. The highest BCUT2D eigenvalue weighted by molar-refractivity contribution is 7.98. The van der Waals surface area contributed by atoms with Crippen LogP contribution in [0.4, 0.5) is 0 Å². The van der Waals surface area contributed by atoms with Crippen molar-refractivity contribution in [2.24, 2.45) is 5.73 Å². The summed E-state index contributed by atoms with van der Waals surface area (Å²) in [7, 11) is 0. The minimum Gasteiger partial charge on any atom is -0.381 e. The third-order valence-electron chi connectivity index (χ3n) is 2.65. The zero-order valence-corrected chi connectivity index (χ0v) is 10.1. The number of hydrogen-bond acceptors (Lipinski definition) is 4. The van der Waals surface area contributed by atoms with Gasteiger partial charge < -0.3 is 15.8 Å². The third-order valence-corrected chi connectivity index (χ3v) is 3.34. The van der Waals surface area contributed by atoms with Crippen LogP contribution in [0.25, 0.3) is 0 Å². The van der Waals surface area contributed by atoms with Crippen LogP contribution in [0.1, 0.15) is 19.3 Å². The number of nitrogens with one attached hydrogen (secondary N) is 1. The van der Waals surface area contributed by atoms with Crippen LogP contribution in [0.5, 0.6) is 0 Å². The Bertz CT molecular complexity index is 206. The quantitative estimate of drug-likeness (QED) is 0.672. The second-order valence-electron chi connectivity index (χ2n) is 3.87. The summed E-state index contributed by atoms with van der Waals surface area (Å²) in [6.07, 6.45) is 4.31. The first-order chi connectivity index (χ1) is 7.19. The summed E-state index contributed by atoms with van der Waals surface area (Å²) in [5, 5.41) is 2.89. The van der Waals surface area contributed by atoms with Gasteiger partial charge in [0.05, 0.1) is 5.54 Å². The minimum absolute atomic E-state index is 0.0214. The molecule has 88 valence electrons. The minimum atomic E-state index is -0.697. The van der Waals surface area contributed by atoms with Gasteiger partial charge in [0, 0.05) is 19.8 Å². The van der Waals surface area contributed by atoms with Gasteiger partial charge in [0.25, 0.3) is 0 Å². The molecule has 1 aliphatic heterocycles. The van der Waals surface area contributed by atoms with Gasteiger partial charge in [0.2, 0.25) is 5.91 Å². The Morgan fingerprint density at radius 3 is 2.80 bits per heavy atom. The number of carbonyl (C=O) groups is 1. The molecule has 1 rings (SSSR count). The highest BCUT2D eigenvalue weighted by Crippen LogP contribution is 2.17. The van der Waals surface area contributed by atoms with Crippen LogP contribution in [-0.4, -0.2) is 43.2 Å². The Balaban J connectivity index is 2.25. The predicted molar refractivity (Wildman–Crippen MR) is 63.0 cm³/mol. The van der Waals surface area contributed by atoms with Gasteiger partial charge in [0.15, 0.2) is 0 Å². The molecule has 5 heteroatoms. The van der Waals surface area contributed by atoms with Gasteiger partial charge >= 0.3 is 0 Å². The molecule has 1 fully saturated rings. The van der Waals surface area contributed by atoms with E-state index in [0.717, 1.165) is 18.7 Å². The molecule has 0 bridgehead atoms. The van der Waals surface area contributed by atoms with E-state index >= 15 is 0 Å². The van der Waals surface area contributed by atoms with Crippen molar-refractivity contribution in [3.05, 3.63) is 0 Å². The summed E-state index contributed by atoms with van der Waals surface area (Å²) in [5.74, 6) is 1.05. The lowest BCUT2D eigenvalue weighted by molar-refractivity contribution is -0.129. The van der Waals surface area contributed by atoms with Gasteiger partial charge in [-0.25, -0.2) is 0 Å². The zero-order chi connectivity index (χ0) is 11.1. The molecular weight excluding hydrogens is 212 g/mol. The van der Waals surface area contributed by atoms with Crippen molar-refractivity contribution in [3.8, 4) is 0 Å². The molecule has 0 spiro atoms. The fourth-order valence-electron chi connectivity index (χ4n) is 1.56. The van der Waals surface area contributed by atoms with Gasteiger partial charge in [-0.3, -0.25) is 4.79 Å². The van der Waals surface area contributed by atoms with Crippen molar-refractivity contribution in [1.82, 2.24) is 5.32 Å². The van der Waals surface area contributed by atoms with Crippen LogP contribution in [0.15, 0.2) is 0 Å². The SMILES string of the molecule is CSCCCNC(=O)C1(N)CCOCC1. The van der Waals surface area contributed by atoms with E-state index in [1.165, 1.54) is 0 Å². The summed E-state index contributed by atoms with van der Waals surface area (Å²) in [6, 6.07) is 0. The summed E-state index contributed by atoms with van der Waals surface area (Å²) < 4.78 is 5.19. The van der Waals surface area contributed by atoms with Gasteiger partial charge in [-0.05, 0) is 31.3 Å². The Morgan fingerprint density at radius 1 is 1.53 bits per heavy atom. The second-order valence-corrected chi connectivity index (χ2v) is 4.86. The van der Waals surface area contributed by atoms with Crippen molar-refractivity contribution < 1.29 is 9.53 Å². The largest absolute Gasteiger partial charge is 0.381 e. The lowest BCUT2D eigenvalue weighted by Crippen LogP contribution is -2.57. The summed E-state index contributed by atoms with van der Waals surface area (Å²) in [5.41, 5.74) is 5.32. The van der Waals surface area contributed by atoms with Crippen LogP contribution in [-0.2, 0) is 9.53 Å². The average molecular weight is 232 g/mol. The number of nitrogens with two attached hydrogens (primary N) is 1. The maximum atomic E-state index is 11.8. The number of thioether (sulfide) groups is 1. The zero-order valence-electron chi connectivity index (χ0n) is 9.25. The number of ether oxygens (including phenoxy) is 1. The molecule has 0 unspecified atom stereocenters. The Hall–Kier alpha value is -0.260. The maximum absolute atomic E-state index is 11.8. The molecule has 0 radical (unpaired) electrons. The van der Waals surface area contributed by atoms with E-state index in [-0.39, 0.29) is 5.91 Å². The van der Waals surface area contributed by atoms with E-state index in [1.54, 1.807) is 11.8 Å². The first-order valence-corrected chi connectivity index (χ1v) is 6.72. The normalized spacial score (nSPS) is 19.9. The van der Waals surface area contributed by atoms with Crippen LogP contribution < -0.4 is 11.1 Å². The molecule has 0 aromatic rings. The smallest absolute Gasteiger partial charge is 0.240 e. The highest BCUT2D eigenvalue weighted by Gasteiger charge is 2.35. The average Bonchev–Trinajstić information content (AvgIpc) is 2.25. The van der Waals surface area contributed by atoms with Crippen molar-refractivity contribution in [1.29, 1.82) is 0 Å². The fraction of sp³-hybridized carbons (Fsp3) is 0.900. The van der Waals surface area contributed by atoms with E-state index in [2.05, 4.69) is 11.6 Å². The third kappa shape index (κ3) is 4.01. The van der Waals surface area contributed by atoms with Crippen molar-refractivity contribution in [2.75, 3.05) is 31.8 Å². The molecule has 1 aliphatic rings. The molecule has 0 aliphatic carbocycles. The summed E-state index contributed by atoms with van der Waals surface area (Å²) >= 11 is 1.79. The topological polar surface area (TPSA) is 64.4 Å². The fourth-order valence-corrected chi connectivity index (χ4v) is 1.99. The van der Waals surface area contributed by atoms with Crippen molar-refractivity contribution >= 4 is 17.7 Å². The Labute approximate surface area is 95.3 Å². The van der Waals surface area contributed by atoms with Crippen LogP contribution >= 0.6 is 11.8 Å². The van der Waals surface area contributed by atoms with Gasteiger partial charge in [0.1, 0.15) is 0 Å². The number of carbonyl (C=O) groups excluding carboxylic acids is 1. The van der Waals surface area contributed by atoms with E-state index in [4.69, 9.17) is 10.5 Å². The van der Waals surface area contributed by atoms with Crippen molar-refractivity contribution in [3.63, 3.8) is 0 Å². The molecule has 0 aromatic carbocycles. The van der Waals surface area contributed by atoms with Crippen LogP contribution in [0.2, 0.25) is 0 Å². The molecule has 4 nitrogen and oxygen atoms in total. The molecule has 1 amide bonds.